The molecule has 0 saturated heterocycles. The van der Waals surface area contributed by atoms with Crippen molar-refractivity contribution in [2.75, 3.05) is 23.5 Å². The normalized spacial score (nSPS) is 12.8. The lowest BCUT2D eigenvalue weighted by Gasteiger charge is -2.13. The van der Waals surface area contributed by atoms with Crippen LogP contribution in [-0.4, -0.2) is 34.2 Å². The molecule has 0 aliphatic heterocycles. The summed E-state index contributed by atoms with van der Waals surface area (Å²) in [6.45, 7) is 0. The Morgan fingerprint density at radius 3 is 2.68 bits per heavy atom. The molecule has 1 aliphatic carbocycles. The molecular formula is C22H24N4O3S2. The molecule has 2 N–H and O–H groups in total. The Kier molecular flexibility index (Phi) is 6.62. The van der Waals surface area contributed by atoms with Crippen LogP contribution in [0.15, 0.2) is 41.8 Å². The minimum absolute atomic E-state index is 0.148. The second-order valence-corrected chi connectivity index (χ2v) is 9.30. The molecule has 0 atom stereocenters. The van der Waals surface area contributed by atoms with Crippen LogP contribution in [0.2, 0.25) is 0 Å². The van der Waals surface area contributed by atoms with Gasteiger partial charge < -0.3 is 19.9 Å². The van der Waals surface area contributed by atoms with E-state index in [1.165, 1.54) is 28.0 Å². The first-order chi connectivity index (χ1) is 15.0. The van der Waals surface area contributed by atoms with E-state index in [1.54, 1.807) is 37.6 Å². The first-order valence-electron chi connectivity index (χ1n) is 10.0. The smallest absolute Gasteiger partial charge is 0.258 e. The molecule has 0 saturated carbocycles. The largest absolute Gasteiger partial charge is 0.497 e. The molecule has 1 aliphatic rings. The number of anilines is 2. The van der Waals surface area contributed by atoms with Crippen molar-refractivity contribution in [3.05, 3.63) is 52.7 Å². The molecule has 0 unspecified atom stereocenters. The molecule has 0 spiro atoms. The maximum atomic E-state index is 13.2. The predicted molar refractivity (Wildman–Crippen MR) is 124 cm³/mol. The van der Waals surface area contributed by atoms with E-state index in [0.29, 0.717) is 16.3 Å². The highest BCUT2D eigenvalue weighted by atomic mass is 32.2. The van der Waals surface area contributed by atoms with Crippen LogP contribution in [0.5, 0.6) is 5.75 Å². The lowest BCUT2D eigenvalue weighted by Crippen LogP contribution is -2.19. The zero-order valence-corrected chi connectivity index (χ0v) is 19.1. The zero-order chi connectivity index (χ0) is 21.8. The summed E-state index contributed by atoms with van der Waals surface area (Å²) in [6, 6.07) is 7.21. The number of nitrogens with zero attached hydrogens (tertiary/aromatic N) is 2. The number of methoxy groups -OCH3 is 1. The van der Waals surface area contributed by atoms with Gasteiger partial charge in [-0.15, -0.1) is 11.3 Å². The molecule has 4 rings (SSSR count). The number of hydrogen-bond acceptors (Lipinski definition) is 6. The van der Waals surface area contributed by atoms with Crippen LogP contribution in [0, 0.1) is 0 Å². The third-order valence-electron chi connectivity index (χ3n) is 5.11. The van der Waals surface area contributed by atoms with Crippen LogP contribution in [0.4, 0.5) is 10.7 Å². The van der Waals surface area contributed by atoms with Crippen LogP contribution >= 0.6 is 23.1 Å². The summed E-state index contributed by atoms with van der Waals surface area (Å²) in [7, 11) is 3.49. The van der Waals surface area contributed by atoms with E-state index < -0.39 is 0 Å². The summed E-state index contributed by atoms with van der Waals surface area (Å²) < 4.78 is 7.04. The second-order valence-electron chi connectivity index (χ2n) is 7.26. The number of benzene rings is 1. The number of nitrogens with one attached hydrogen (secondary N) is 2. The van der Waals surface area contributed by atoms with Gasteiger partial charge in [-0.1, -0.05) is 11.8 Å². The minimum Gasteiger partial charge on any atom is -0.497 e. The van der Waals surface area contributed by atoms with Gasteiger partial charge in [-0.05, 0) is 55.5 Å². The number of imidazole rings is 1. The molecule has 31 heavy (non-hydrogen) atoms. The highest BCUT2D eigenvalue weighted by molar-refractivity contribution is 7.99. The van der Waals surface area contributed by atoms with Crippen molar-refractivity contribution >= 4 is 45.6 Å². The van der Waals surface area contributed by atoms with Crippen molar-refractivity contribution in [1.29, 1.82) is 0 Å². The van der Waals surface area contributed by atoms with Crippen LogP contribution in [0.1, 0.15) is 33.6 Å². The Hall–Kier alpha value is -2.78. The van der Waals surface area contributed by atoms with E-state index in [9.17, 15) is 9.59 Å². The average molecular weight is 457 g/mol. The van der Waals surface area contributed by atoms with Gasteiger partial charge in [0, 0.05) is 30.0 Å². The number of rotatable bonds is 7. The summed E-state index contributed by atoms with van der Waals surface area (Å²) in [5.41, 5.74) is 2.34. The summed E-state index contributed by atoms with van der Waals surface area (Å²) in [5.74, 6) is 0.609. The van der Waals surface area contributed by atoms with Crippen molar-refractivity contribution in [1.82, 2.24) is 9.55 Å². The van der Waals surface area contributed by atoms with Gasteiger partial charge in [0.15, 0.2) is 5.16 Å². The number of hydrogen-bond donors (Lipinski definition) is 2. The summed E-state index contributed by atoms with van der Waals surface area (Å²) >= 11 is 2.89. The van der Waals surface area contributed by atoms with E-state index in [4.69, 9.17) is 4.74 Å². The third kappa shape index (κ3) is 4.94. The van der Waals surface area contributed by atoms with Gasteiger partial charge in [0.25, 0.3) is 5.91 Å². The molecule has 2 aromatic heterocycles. The van der Waals surface area contributed by atoms with Gasteiger partial charge in [0.2, 0.25) is 5.91 Å². The van der Waals surface area contributed by atoms with E-state index in [1.807, 2.05) is 17.8 Å². The number of thiophene rings is 1. The van der Waals surface area contributed by atoms with E-state index in [-0.39, 0.29) is 17.6 Å². The van der Waals surface area contributed by atoms with Crippen molar-refractivity contribution < 1.29 is 14.3 Å². The fourth-order valence-electron chi connectivity index (χ4n) is 3.55. The Morgan fingerprint density at radius 1 is 1.19 bits per heavy atom. The van der Waals surface area contributed by atoms with Crippen LogP contribution in [-0.2, 0) is 24.7 Å². The predicted octanol–water partition coefficient (Wildman–Crippen LogP) is 4.35. The molecule has 7 nitrogen and oxygen atoms in total. The molecule has 3 aromatic rings. The van der Waals surface area contributed by atoms with Crippen molar-refractivity contribution in [3.8, 4) is 5.75 Å². The summed E-state index contributed by atoms with van der Waals surface area (Å²) in [4.78, 5) is 31.2. The number of ether oxygens (including phenoxy) is 1. The maximum absolute atomic E-state index is 13.2. The first kappa shape index (κ1) is 21.5. The van der Waals surface area contributed by atoms with Crippen LogP contribution < -0.4 is 15.4 Å². The van der Waals surface area contributed by atoms with Gasteiger partial charge >= 0.3 is 0 Å². The number of thioether (sulfide) groups is 1. The number of amides is 2. The lowest BCUT2D eigenvalue weighted by molar-refractivity contribution is -0.113. The Morgan fingerprint density at radius 2 is 1.97 bits per heavy atom. The molecule has 1 aromatic carbocycles. The molecular weight excluding hydrogens is 432 g/mol. The summed E-state index contributed by atoms with van der Waals surface area (Å²) in [6.07, 6.45) is 7.50. The molecule has 2 amide bonds. The number of aryl methyl sites for hydroxylation is 2. The molecule has 0 fully saturated rings. The van der Waals surface area contributed by atoms with E-state index in [2.05, 4.69) is 15.6 Å². The van der Waals surface area contributed by atoms with Gasteiger partial charge in [-0.25, -0.2) is 4.98 Å². The van der Waals surface area contributed by atoms with Gasteiger partial charge in [-0.3, -0.25) is 9.59 Å². The van der Waals surface area contributed by atoms with Crippen LogP contribution in [0.3, 0.4) is 0 Å². The molecule has 0 bridgehead atoms. The lowest BCUT2D eigenvalue weighted by atomic mass is 9.95. The Labute approximate surface area is 189 Å². The fraction of sp³-hybridized carbons (Fsp3) is 0.318. The Bertz CT molecular complexity index is 1090. The van der Waals surface area contributed by atoms with Gasteiger partial charge in [0.1, 0.15) is 10.8 Å². The highest BCUT2D eigenvalue weighted by Crippen LogP contribution is 2.38. The van der Waals surface area contributed by atoms with E-state index >= 15 is 0 Å². The monoisotopic (exact) mass is 456 g/mol. The Balaban J connectivity index is 1.51. The zero-order valence-electron chi connectivity index (χ0n) is 17.4. The van der Waals surface area contributed by atoms with Crippen molar-refractivity contribution in [2.45, 2.75) is 30.8 Å². The second kappa shape index (κ2) is 9.57. The topological polar surface area (TPSA) is 85.2 Å². The van der Waals surface area contributed by atoms with Crippen LogP contribution in [0.25, 0.3) is 0 Å². The van der Waals surface area contributed by atoms with Gasteiger partial charge in [-0.2, -0.15) is 0 Å². The molecule has 9 heteroatoms. The van der Waals surface area contributed by atoms with E-state index in [0.717, 1.165) is 42.2 Å². The number of aromatic nitrogens is 2. The first-order valence-corrected chi connectivity index (χ1v) is 11.8. The minimum atomic E-state index is -0.198. The van der Waals surface area contributed by atoms with Crippen molar-refractivity contribution in [2.24, 2.45) is 7.05 Å². The SMILES string of the molecule is COc1ccc(NC(=O)c2c(NC(=O)CSc3nccn3C)sc3c2CCCC3)cc1. The molecule has 2 heterocycles. The average Bonchev–Trinajstić information content (AvgIpc) is 3.35. The van der Waals surface area contributed by atoms with Gasteiger partial charge in [0.05, 0.1) is 18.4 Å². The number of carbonyl (C=O) groups is 2. The quantitative estimate of drug-likeness (QED) is 0.516. The molecule has 162 valence electrons. The number of fused-ring (bicyclic) bond motifs is 1. The van der Waals surface area contributed by atoms with Crippen molar-refractivity contribution in [3.63, 3.8) is 0 Å². The molecule has 0 radical (unpaired) electrons. The fourth-order valence-corrected chi connectivity index (χ4v) is 5.58. The highest BCUT2D eigenvalue weighted by Gasteiger charge is 2.26. The maximum Gasteiger partial charge on any atom is 0.258 e. The number of carbonyl (C=O) groups excluding carboxylic acids is 2. The third-order valence-corrected chi connectivity index (χ3v) is 7.37. The summed E-state index contributed by atoms with van der Waals surface area (Å²) in [5, 5.41) is 7.34. The standard InChI is InChI=1S/C22H24N4O3S2/c1-26-12-11-23-22(26)30-13-18(27)25-21-19(16-5-3-4-6-17(16)31-21)20(28)24-14-7-9-15(29-2)10-8-14/h7-12H,3-6,13H2,1-2H3,(H,24,28)(H,25,27).